The lowest BCUT2D eigenvalue weighted by atomic mass is 9.68. The van der Waals surface area contributed by atoms with Gasteiger partial charge in [-0.1, -0.05) is 66.6 Å². The summed E-state index contributed by atoms with van der Waals surface area (Å²) in [4.78, 5) is 32.4. The molecule has 4 aromatic rings. The number of rotatable bonds is 6. The highest BCUT2D eigenvalue weighted by Crippen LogP contribution is 2.50. The first kappa shape index (κ1) is 24.7. The van der Waals surface area contributed by atoms with E-state index in [1.807, 2.05) is 50.2 Å². The SMILES string of the molecule is Cc1ccc(NC(=O)CSc2nc3c(c(=O)n2Cc2ccco2)C2(CCCC2)Cc2ccccc2-3)c(C)c1. The fraction of sp³-hybridized carbons (Fsp3) is 0.323. The zero-order valence-corrected chi connectivity index (χ0v) is 22.6. The third kappa shape index (κ3) is 4.49. The molecule has 2 aromatic heterocycles. The maximum absolute atomic E-state index is 14.3. The van der Waals surface area contributed by atoms with E-state index >= 15 is 0 Å². The van der Waals surface area contributed by atoms with Gasteiger partial charge in [-0.3, -0.25) is 14.2 Å². The number of nitrogens with zero attached hydrogens (tertiary/aromatic N) is 2. The molecule has 2 aromatic carbocycles. The topological polar surface area (TPSA) is 77.1 Å². The summed E-state index contributed by atoms with van der Waals surface area (Å²) in [6.45, 7) is 4.30. The van der Waals surface area contributed by atoms with Crippen LogP contribution in [0.1, 0.15) is 53.7 Å². The molecule has 0 bridgehead atoms. The summed E-state index contributed by atoms with van der Waals surface area (Å²) >= 11 is 1.30. The Kier molecular flexibility index (Phi) is 6.48. The highest BCUT2D eigenvalue weighted by molar-refractivity contribution is 7.99. The minimum Gasteiger partial charge on any atom is -0.467 e. The lowest BCUT2D eigenvalue weighted by Gasteiger charge is -2.36. The molecule has 0 aliphatic heterocycles. The number of anilines is 1. The molecule has 0 radical (unpaired) electrons. The van der Waals surface area contributed by atoms with E-state index in [4.69, 9.17) is 9.40 Å². The molecule has 6 rings (SSSR count). The van der Waals surface area contributed by atoms with Crippen LogP contribution in [0.25, 0.3) is 11.3 Å². The van der Waals surface area contributed by atoms with Crippen molar-refractivity contribution >= 4 is 23.4 Å². The molecule has 2 aliphatic rings. The van der Waals surface area contributed by atoms with Crippen molar-refractivity contribution in [2.75, 3.05) is 11.1 Å². The third-order valence-corrected chi connectivity index (χ3v) is 8.89. The van der Waals surface area contributed by atoms with Crippen LogP contribution >= 0.6 is 11.8 Å². The smallest absolute Gasteiger partial charge is 0.258 e. The minimum atomic E-state index is -0.178. The molecule has 1 fully saturated rings. The van der Waals surface area contributed by atoms with Gasteiger partial charge in [-0.05, 0) is 62.4 Å². The van der Waals surface area contributed by atoms with Gasteiger partial charge in [-0.2, -0.15) is 0 Å². The average Bonchev–Trinajstić information content (AvgIpc) is 3.59. The molecule has 1 amide bonds. The number of aromatic nitrogens is 2. The fourth-order valence-corrected chi connectivity index (χ4v) is 6.91. The monoisotopic (exact) mass is 525 g/mol. The van der Waals surface area contributed by atoms with Crippen molar-refractivity contribution in [3.05, 3.63) is 99.2 Å². The van der Waals surface area contributed by atoms with Crippen LogP contribution in [-0.4, -0.2) is 21.2 Å². The van der Waals surface area contributed by atoms with Crippen molar-refractivity contribution in [2.45, 2.75) is 63.1 Å². The lowest BCUT2D eigenvalue weighted by molar-refractivity contribution is -0.113. The van der Waals surface area contributed by atoms with E-state index in [1.54, 1.807) is 10.8 Å². The molecule has 0 atom stereocenters. The van der Waals surface area contributed by atoms with Crippen LogP contribution in [-0.2, 0) is 23.2 Å². The molecule has 2 heterocycles. The molecule has 1 N–H and O–H groups in total. The standard InChI is InChI=1S/C31H31N3O3S/c1-20-11-12-25(21(2)16-20)32-26(35)19-38-30-33-28-24-10-4-3-8-22(24)17-31(13-5-6-14-31)27(28)29(36)34(30)18-23-9-7-15-37-23/h3-4,7-12,15-16H,5-6,13-14,17-19H2,1-2H3,(H,32,35). The third-order valence-electron chi connectivity index (χ3n) is 7.91. The van der Waals surface area contributed by atoms with Gasteiger partial charge in [0.15, 0.2) is 5.16 Å². The molecule has 194 valence electrons. The largest absolute Gasteiger partial charge is 0.467 e. The van der Waals surface area contributed by atoms with Crippen LogP contribution < -0.4 is 10.9 Å². The summed E-state index contributed by atoms with van der Waals surface area (Å²) in [5.41, 5.74) is 6.67. The van der Waals surface area contributed by atoms with E-state index in [2.05, 4.69) is 23.5 Å². The summed E-state index contributed by atoms with van der Waals surface area (Å²) in [7, 11) is 0. The first-order valence-electron chi connectivity index (χ1n) is 13.2. The second kappa shape index (κ2) is 9.95. The molecule has 0 unspecified atom stereocenters. The predicted octanol–water partition coefficient (Wildman–Crippen LogP) is 6.27. The summed E-state index contributed by atoms with van der Waals surface area (Å²) in [6, 6.07) is 18.0. The quantitative estimate of drug-likeness (QED) is 0.237. The molecular formula is C31H31N3O3S. The van der Waals surface area contributed by atoms with Crippen LogP contribution in [0.5, 0.6) is 0 Å². The molecule has 2 aliphatic carbocycles. The van der Waals surface area contributed by atoms with Crippen LogP contribution in [0.15, 0.2) is 75.2 Å². The number of benzene rings is 2. The fourth-order valence-electron chi connectivity index (χ4n) is 6.12. The number of hydrogen-bond donors (Lipinski definition) is 1. The van der Waals surface area contributed by atoms with Crippen LogP contribution in [0.3, 0.4) is 0 Å². The molecule has 6 nitrogen and oxygen atoms in total. The van der Waals surface area contributed by atoms with Crippen LogP contribution in [0, 0.1) is 13.8 Å². The van der Waals surface area contributed by atoms with Gasteiger partial charge in [0.25, 0.3) is 5.56 Å². The Hall–Kier alpha value is -3.58. The Morgan fingerprint density at radius 3 is 2.68 bits per heavy atom. The van der Waals surface area contributed by atoms with Crippen molar-refractivity contribution in [1.29, 1.82) is 0 Å². The Morgan fingerprint density at radius 2 is 1.92 bits per heavy atom. The van der Waals surface area contributed by atoms with E-state index in [0.717, 1.165) is 65.7 Å². The second-order valence-corrected chi connectivity index (χ2v) is 11.5. The summed E-state index contributed by atoms with van der Waals surface area (Å²) in [5.74, 6) is 0.696. The number of furan rings is 1. The number of aryl methyl sites for hydroxylation is 2. The van der Waals surface area contributed by atoms with Crippen molar-refractivity contribution in [2.24, 2.45) is 0 Å². The predicted molar refractivity (Wildman–Crippen MR) is 151 cm³/mol. The molecule has 7 heteroatoms. The number of carbonyl (C=O) groups is 1. The number of fused-ring (bicyclic) bond motifs is 4. The van der Waals surface area contributed by atoms with Gasteiger partial charge in [0, 0.05) is 16.7 Å². The Morgan fingerprint density at radius 1 is 1.11 bits per heavy atom. The van der Waals surface area contributed by atoms with E-state index in [0.29, 0.717) is 10.9 Å². The number of nitrogens with one attached hydrogen (secondary N) is 1. The maximum atomic E-state index is 14.3. The normalized spacial score (nSPS) is 15.3. The number of amides is 1. The first-order valence-corrected chi connectivity index (χ1v) is 14.2. The number of carbonyl (C=O) groups excluding carboxylic acids is 1. The molecule has 38 heavy (non-hydrogen) atoms. The van der Waals surface area contributed by atoms with E-state index in [-0.39, 0.29) is 29.2 Å². The van der Waals surface area contributed by atoms with E-state index < -0.39 is 0 Å². The van der Waals surface area contributed by atoms with Crippen molar-refractivity contribution < 1.29 is 9.21 Å². The molecule has 0 saturated heterocycles. The van der Waals surface area contributed by atoms with E-state index in [9.17, 15) is 9.59 Å². The number of thioether (sulfide) groups is 1. The zero-order chi connectivity index (χ0) is 26.3. The van der Waals surface area contributed by atoms with Crippen LogP contribution in [0.2, 0.25) is 0 Å². The van der Waals surface area contributed by atoms with Crippen molar-refractivity contribution in [1.82, 2.24) is 9.55 Å². The first-order chi connectivity index (χ1) is 18.4. The van der Waals surface area contributed by atoms with Gasteiger partial charge < -0.3 is 9.73 Å². The van der Waals surface area contributed by atoms with Gasteiger partial charge in [-0.15, -0.1) is 0 Å². The molecule has 1 saturated carbocycles. The Bertz CT molecular complexity index is 1570. The summed E-state index contributed by atoms with van der Waals surface area (Å²) in [5, 5.41) is 3.54. The summed E-state index contributed by atoms with van der Waals surface area (Å²) in [6.07, 6.45) is 6.72. The van der Waals surface area contributed by atoms with E-state index in [1.165, 1.54) is 17.3 Å². The van der Waals surface area contributed by atoms with Gasteiger partial charge in [-0.25, -0.2) is 4.98 Å². The molecule has 1 spiro atoms. The maximum Gasteiger partial charge on any atom is 0.258 e. The van der Waals surface area contributed by atoms with Crippen molar-refractivity contribution in [3.63, 3.8) is 0 Å². The van der Waals surface area contributed by atoms with Crippen molar-refractivity contribution in [3.8, 4) is 11.3 Å². The summed E-state index contributed by atoms with van der Waals surface area (Å²) < 4.78 is 7.33. The molecular weight excluding hydrogens is 494 g/mol. The zero-order valence-electron chi connectivity index (χ0n) is 21.8. The Balaban J connectivity index is 1.40. The van der Waals surface area contributed by atoms with Crippen LogP contribution in [0.4, 0.5) is 5.69 Å². The van der Waals surface area contributed by atoms with Gasteiger partial charge in [0.2, 0.25) is 5.91 Å². The second-order valence-electron chi connectivity index (χ2n) is 10.6. The van der Waals surface area contributed by atoms with Gasteiger partial charge >= 0.3 is 0 Å². The highest BCUT2D eigenvalue weighted by atomic mass is 32.2. The number of hydrogen-bond acceptors (Lipinski definition) is 5. The lowest BCUT2D eigenvalue weighted by Crippen LogP contribution is -2.40. The highest BCUT2D eigenvalue weighted by Gasteiger charge is 2.44. The average molecular weight is 526 g/mol. The van der Waals surface area contributed by atoms with Gasteiger partial charge in [0.1, 0.15) is 5.76 Å². The Labute approximate surface area is 226 Å². The van der Waals surface area contributed by atoms with Gasteiger partial charge in [0.05, 0.1) is 29.8 Å². The minimum absolute atomic E-state index is 0.0138.